The van der Waals surface area contributed by atoms with Crippen molar-refractivity contribution < 1.29 is 28.6 Å². The number of nitrogens with one attached hydrogen (secondary N) is 2. The zero-order valence-electron chi connectivity index (χ0n) is 19.6. The standard InChI is InChI=1S/C26H27N3O6/c1-29-21-14-19(10-12-26(33-2)16-34-17-26)8-9-22(21)35-15-20(25(29)32)28-24(31)23(30)27-13-11-18-6-4-3-5-7-18/h3-9,14,20H,11,13,15-17H2,1-2H3,(H,27,30)(H,28,31)/t20-/m0/s1. The van der Waals surface area contributed by atoms with Crippen molar-refractivity contribution in [3.05, 3.63) is 59.7 Å². The van der Waals surface area contributed by atoms with Crippen LogP contribution in [0.1, 0.15) is 11.1 Å². The van der Waals surface area contributed by atoms with Gasteiger partial charge in [-0.3, -0.25) is 14.4 Å². The minimum Gasteiger partial charge on any atom is -0.489 e. The summed E-state index contributed by atoms with van der Waals surface area (Å²) in [6.07, 6.45) is 0.590. The molecule has 9 heteroatoms. The van der Waals surface area contributed by atoms with Crippen LogP contribution in [-0.2, 0) is 30.3 Å². The first-order chi connectivity index (χ1) is 16.9. The zero-order chi connectivity index (χ0) is 24.8. The lowest BCUT2D eigenvalue weighted by Crippen LogP contribution is -2.53. The van der Waals surface area contributed by atoms with Crippen molar-refractivity contribution in [2.45, 2.75) is 18.1 Å². The Labute approximate surface area is 203 Å². The van der Waals surface area contributed by atoms with Crippen LogP contribution in [0.5, 0.6) is 5.75 Å². The van der Waals surface area contributed by atoms with E-state index in [1.165, 1.54) is 4.90 Å². The van der Waals surface area contributed by atoms with Crippen LogP contribution >= 0.6 is 0 Å². The molecule has 1 saturated heterocycles. The monoisotopic (exact) mass is 477 g/mol. The molecule has 2 N–H and O–H groups in total. The van der Waals surface area contributed by atoms with Crippen molar-refractivity contribution in [3.8, 4) is 17.6 Å². The lowest BCUT2D eigenvalue weighted by molar-refractivity contribution is -0.159. The molecule has 2 aromatic carbocycles. The molecule has 2 heterocycles. The van der Waals surface area contributed by atoms with Gasteiger partial charge in [-0.2, -0.15) is 0 Å². The average Bonchev–Trinajstić information content (AvgIpc) is 2.96. The largest absolute Gasteiger partial charge is 0.489 e. The number of fused-ring (bicyclic) bond motifs is 1. The van der Waals surface area contributed by atoms with Crippen molar-refractivity contribution in [3.63, 3.8) is 0 Å². The molecule has 2 aliphatic heterocycles. The Morgan fingerprint density at radius 2 is 1.94 bits per heavy atom. The Balaban J connectivity index is 1.37. The van der Waals surface area contributed by atoms with Gasteiger partial charge in [0.15, 0.2) is 5.60 Å². The van der Waals surface area contributed by atoms with E-state index in [4.69, 9.17) is 14.2 Å². The number of carbonyl (C=O) groups excluding carboxylic acids is 3. The Morgan fingerprint density at radius 1 is 1.17 bits per heavy atom. The summed E-state index contributed by atoms with van der Waals surface area (Å²) in [5, 5.41) is 5.06. The van der Waals surface area contributed by atoms with Crippen molar-refractivity contribution >= 4 is 23.4 Å². The average molecular weight is 478 g/mol. The third kappa shape index (κ3) is 5.62. The molecular formula is C26H27N3O6. The third-order valence-electron chi connectivity index (χ3n) is 5.90. The minimum atomic E-state index is -1.02. The number of nitrogens with zero attached hydrogens (tertiary/aromatic N) is 1. The normalized spacial score (nSPS) is 18.1. The van der Waals surface area contributed by atoms with Crippen molar-refractivity contribution in [2.75, 3.05) is 45.4 Å². The summed E-state index contributed by atoms with van der Waals surface area (Å²) in [4.78, 5) is 39.0. The van der Waals surface area contributed by atoms with Gasteiger partial charge in [-0.05, 0) is 30.2 Å². The Hall–Kier alpha value is -3.87. The van der Waals surface area contributed by atoms with Gasteiger partial charge in [0.05, 0.1) is 18.9 Å². The summed E-state index contributed by atoms with van der Waals surface area (Å²) >= 11 is 0. The first-order valence-electron chi connectivity index (χ1n) is 11.2. The number of hydrogen-bond donors (Lipinski definition) is 2. The molecule has 0 aliphatic carbocycles. The van der Waals surface area contributed by atoms with E-state index in [2.05, 4.69) is 22.5 Å². The molecule has 3 amide bonds. The lowest BCUT2D eigenvalue weighted by atomic mass is 10.0. The molecule has 0 saturated carbocycles. The van der Waals surface area contributed by atoms with Gasteiger partial charge >= 0.3 is 11.8 Å². The fourth-order valence-electron chi connectivity index (χ4n) is 3.66. The van der Waals surface area contributed by atoms with Gasteiger partial charge in [0, 0.05) is 26.3 Å². The van der Waals surface area contributed by atoms with Crippen LogP contribution < -0.4 is 20.3 Å². The fourth-order valence-corrected chi connectivity index (χ4v) is 3.66. The van der Waals surface area contributed by atoms with Crippen LogP contribution in [0.4, 0.5) is 5.69 Å². The highest BCUT2D eigenvalue weighted by Crippen LogP contribution is 2.31. The highest BCUT2D eigenvalue weighted by atomic mass is 16.6. The SMILES string of the molecule is COC1(C#Cc2ccc3c(c2)N(C)C(=O)[C@@H](NC(=O)C(=O)NCCc2ccccc2)CO3)COC1. The van der Waals surface area contributed by atoms with Crippen LogP contribution in [0.2, 0.25) is 0 Å². The summed E-state index contributed by atoms with van der Waals surface area (Å²) in [5.41, 5.74) is 1.63. The summed E-state index contributed by atoms with van der Waals surface area (Å²) in [7, 11) is 3.18. The molecular weight excluding hydrogens is 450 g/mol. The molecule has 0 radical (unpaired) electrons. The van der Waals surface area contributed by atoms with E-state index in [-0.39, 0.29) is 6.61 Å². The fraction of sp³-hybridized carbons (Fsp3) is 0.346. The van der Waals surface area contributed by atoms with Gasteiger partial charge in [0.25, 0.3) is 5.91 Å². The molecule has 4 rings (SSSR count). The maximum absolute atomic E-state index is 13.0. The maximum Gasteiger partial charge on any atom is 0.310 e. The Bertz CT molecular complexity index is 1160. The van der Waals surface area contributed by atoms with E-state index in [0.29, 0.717) is 43.2 Å². The third-order valence-corrected chi connectivity index (χ3v) is 5.90. The van der Waals surface area contributed by atoms with E-state index < -0.39 is 29.4 Å². The van der Waals surface area contributed by atoms with E-state index in [1.54, 1.807) is 32.4 Å². The molecule has 0 spiro atoms. The second kappa shape index (κ2) is 10.6. The van der Waals surface area contributed by atoms with Crippen LogP contribution in [0, 0.1) is 11.8 Å². The molecule has 0 bridgehead atoms. The van der Waals surface area contributed by atoms with Gasteiger partial charge in [-0.15, -0.1) is 0 Å². The number of amides is 3. The molecule has 0 unspecified atom stereocenters. The van der Waals surface area contributed by atoms with Crippen molar-refractivity contribution in [2.24, 2.45) is 0 Å². The number of anilines is 1. The number of carbonyl (C=O) groups is 3. The lowest BCUT2D eigenvalue weighted by Gasteiger charge is -2.35. The predicted octanol–water partition coefficient (Wildman–Crippen LogP) is 0.652. The van der Waals surface area contributed by atoms with Crippen LogP contribution in [-0.4, -0.2) is 69.9 Å². The zero-order valence-corrected chi connectivity index (χ0v) is 19.6. The molecule has 0 aromatic heterocycles. The van der Waals surface area contributed by atoms with Gasteiger partial charge in [0.2, 0.25) is 0 Å². The molecule has 1 atom stereocenters. The highest BCUT2D eigenvalue weighted by Gasteiger charge is 2.37. The van der Waals surface area contributed by atoms with Gasteiger partial charge in [0.1, 0.15) is 18.4 Å². The number of rotatable bonds is 5. The molecule has 182 valence electrons. The van der Waals surface area contributed by atoms with Gasteiger partial charge in [-0.1, -0.05) is 42.2 Å². The Morgan fingerprint density at radius 3 is 2.63 bits per heavy atom. The summed E-state index contributed by atoms with van der Waals surface area (Å²) in [5.74, 6) is 4.52. The molecule has 2 aromatic rings. The van der Waals surface area contributed by atoms with Crippen LogP contribution in [0.3, 0.4) is 0 Å². The van der Waals surface area contributed by atoms with Gasteiger partial charge < -0.3 is 29.7 Å². The quantitative estimate of drug-likeness (QED) is 0.484. The summed E-state index contributed by atoms with van der Waals surface area (Å²) in [6.45, 7) is 1.01. The molecule has 35 heavy (non-hydrogen) atoms. The number of methoxy groups -OCH3 is 1. The number of hydrogen-bond acceptors (Lipinski definition) is 6. The minimum absolute atomic E-state index is 0.103. The van der Waals surface area contributed by atoms with Crippen LogP contribution in [0.15, 0.2) is 48.5 Å². The number of benzene rings is 2. The van der Waals surface area contributed by atoms with Crippen molar-refractivity contribution in [1.29, 1.82) is 0 Å². The molecule has 1 fully saturated rings. The summed E-state index contributed by atoms with van der Waals surface area (Å²) < 4.78 is 16.4. The van der Waals surface area contributed by atoms with Crippen molar-refractivity contribution in [1.82, 2.24) is 10.6 Å². The summed E-state index contributed by atoms with van der Waals surface area (Å²) in [6, 6.07) is 13.8. The first-order valence-corrected chi connectivity index (χ1v) is 11.2. The van der Waals surface area contributed by atoms with Gasteiger partial charge in [-0.25, -0.2) is 0 Å². The topological polar surface area (TPSA) is 106 Å². The van der Waals surface area contributed by atoms with E-state index in [1.807, 2.05) is 30.3 Å². The second-order valence-corrected chi connectivity index (χ2v) is 8.35. The maximum atomic E-state index is 13.0. The second-order valence-electron chi connectivity index (χ2n) is 8.35. The van der Waals surface area contributed by atoms with E-state index in [0.717, 1.165) is 5.56 Å². The first kappa shape index (κ1) is 24.3. The highest BCUT2D eigenvalue weighted by molar-refractivity contribution is 6.35. The predicted molar refractivity (Wildman–Crippen MR) is 128 cm³/mol. The smallest absolute Gasteiger partial charge is 0.310 e. The Kier molecular flexibility index (Phi) is 7.34. The molecule has 2 aliphatic rings. The molecule has 9 nitrogen and oxygen atoms in total. The van der Waals surface area contributed by atoms with Crippen LogP contribution in [0.25, 0.3) is 0 Å². The van der Waals surface area contributed by atoms with E-state index in [9.17, 15) is 14.4 Å². The number of likely N-dealkylation sites (N-methyl/N-ethyl adjacent to an activating group) is 1. The number of ether oxygens (including phenoxy) is 3. The van der Waals surface area contributed by atoms with E-state index >= 15 is 0 Å².